The number of piperidine rings is 1. The second-order valence-electron chi connectivity index (χ2n) is 8.63. The fourth-order valence-corrected chi connectivity index (χ4v) is 4.62. The molecule has 188 valence electrons. The highest BCUT2D eigenvalue weighted by Gasteiger charge is 2.29. The maximum absolute atomic E-state index is 12.9. The van der Waals surface area contributed by atoms with Crippen molar-refractivity contribution in [3.8, 4) is 11.3 Å². The predicted molar refractivity (Wildman–Crippen MR) is 133 cm³/mol. The zero-order chi connectivity index (χ0) is 24.8. The number of halogens is 2. The third-order valence-corrected chi connectivity index (χ3v) is 6.81. The van der Waals surface area contributed by atoms with Crippen LogP contribution in [0, 0.1) is 11.8 Å². The number of methoxy groups -OCH3 is 1. The Morgan fingerprint density at radius 3 is 2.74 bits per heavy atom. The number of carbonyl (C=O) groups excluding carboxylic acids is 2. The maximum Gasteiger partial charge on any atom is 0.409 e. The van der Waals surface area contributed by atoms with Gasteiger partial charge in [-0.15, -0.1) is 0 Å². The van der Waals surface area contributed by atoms with E-state index < -0.39 is 6.09 Å². The molecular weight excluding hydrogens is 495 g/mol. The van der Waals surface area contributed by atoms with E-state index in [4.69, 9.17) is 32.7 Å². The van der Waals surface area contributed by atoms with Gasteiger partial charge < -0.3 is 25.0 Å². The van der Waals surface area contributed by atoms with Gasteiger partial charge in [-0.05, 0) is 37.7 Å². The van der Waals surface area contributed by atoms with Gasteiger partial charge in [0.25, 0.3) is 0 Å². The van der Waals surface area contributed by atoms with Gasteiger partial charge in [-0.1, -0.05) is 23.2 Å². The van der Waals surface area contributed by atoms with E-state index in [9.17, 15) is 9.59 Å². The fraction of sp³-hybridized carbons (Fsp3) is 0.522. The summed E-state index contributed by atoms with van der Waals surface area (Å²) in [5.41, 5.74) is 0.894. The summed E-state index contributed by atoms with van der Waals surface area (Å²) in [7, 11) is 1.33. The molecule has 0 bridgehead atoms. The first-order valence-corrected chi connectivity index (χ1v) is 12.3. The van der Waals surface area contributed by atoms with E-state index in [2.05, 4.69) is 25.6 Å². The Hall–Kier alpha value is -2.69. The minimum atomic E-state index is -0.437. The van der Waals surface area contributed by atoms with Crippen molar-refractivity contribution in [1.82, 2.24) is 19.9 Å². The summed E-state index contributed by atoms with van der Waals surface area (Å²) in [6.07, 6.45) is 5.96. The lowest BCUT2D eigenvalue weighted by molar-refractivity contribution is -0.121. The van der Waals surface area contributed by atoms with E-state index in [1.807, 2.05) is 0 Å². The molecule has 4 heterocycles. The van der Waals surface area contributed by atoms with Crippen LogP contribution in [0.5, 0.6) is 0 Å². The van der Waals surface area contributed by atoms with Crippen molar-refractivity contribution < 1.29 is 19.1 Å². The lowest BCUT2D eigenvalue weighted by Gasteiger charge is -2.30. The molecule has 0 unspecified atom stereocenters. The summed E-state index contributed by atoms with van der Waals surface area (Å²) in [4.78, 5) is 39.4. The zero-order valence-corrected chi connectivity index (χ0v) is 20.9. The molecule has 0 aromatic carbocycles. The van der Waals surface area contributed by atoms with Crippen LogP contribution in [-0.2, 0) is 14.3 Å². The summed E-state index contributed by atoms with van der Waals surface area (Å²) in [6, 6.07) is 1.62. The van der Waals surface area contributed by atoms with Crippen LogP contribution in [0.1, 0.15) is 25.7 Å². The van der Waals surface area contributed by atoms with Crippen molar-refractivity contribution in [3.05, 3.63) is 28.6 Å². The van der Waals surface area contributed by atoms with Crippen molar-refractivity contribution in [1.29, 1.82) is 0 Å². The molecule has 1 atom stereocenters. The maximum atomic E-state index is 12.9. The van der Waals surface area contributed by atoms with Crippen LogP contribution in [0.25, 0.3) is 11.3 Å². The number of carbonyl (C=O) groups is 2. The van der Waals surface area contributed by atoms with E-state index in [0.717, 1.165) is 32.6 Å². The van der Waals surface area contributed by atoms with Crippen molar-refractivity contribution in [2.45, 2.75) is 25.7 Å². The molecule has 2 saturated heterocycles. The topological polar surface area (TPSA) is 119 Å². The van der Waals surface area contributed by atoms with Crippen LogP contribution >= 0.6 is 23.2 Å². The quantitative estimate of drug-likeness (QED) is 0.581. The van der Waals surface area contributed by atoms with Gasteiger partial charge in [0.15, 0.2) is 5.15 Å². The normalized spacial score (nSPS) is 18.7. The molecule has 4 rings (SSSR count). The van der Waals surface area contributed by atoms with Gasteiger partial charge in [0, 0.05) is 44.6 Å². The number of aromatic nitrogens is 3. The Morgan fingerprint density at radius 1 is 1.17 bits per heavy atom. The minimum Gasteiger partial charge on any atom is -0.453 e. The lowest BCUT2D eigenvalue weighted by atomic mass is 9.97. The molecular formula is C23H28Cl2N6O4. The monoisotopic (exact) mass is 522 g/mol. The second-order valence-corrected chi connectivity index (χ2v) is 9.39. The summed E-state index contributed by atoms with van der Waals surface area (Å²) >= 11 is 12.8. The molecule has 0 spiro atoms. The SMILES string of the molecule is COC(=O)N1CCC[C@H](C(=O)Nc2cc(-c3nc(NCC4CCOCC4)cnc3Cl)c(Cl)cn2)C1. The Bertz CT molecular complexity index is 1070. The zero-order valence-electron chi connectivity index (χ0n) is 19.4. The summed E-state index contributed by atoms with van der Waals surface area (Å²) < 4.78 is 10.2. The number of amides is 2. The number of hydrogen-bond donors (Lipinski definition) is 2. The summed E-state index contributed by atoms with van der Waals surface area (Å²) in [6.45, 7) is 3.15. The van der Waals surface area contributed by atoms with Gasteiger partial charge in [0.05, 0.1) is 24.2 Å². The lowest BCUT2D eigenvalue weighted by Crippen LogP contribution is -2.43. The average molecular weight is 523 g/mol. The van der Waals surface area contributed by atoms with Crippen molar-refractivity contribution in [3.63, 3.8) is 0 Å². The Labute approximate surface area is 213 Å². The number of rotatable bonds is 6. The van der Waals surface area contributed by atoms with Crippen LogP contribution in [0.4, 0.5) is 16.4 Å². The Balaban J connectivity index is 1.47. The molecule has 2 fully saturated rings. The summed E-state index contributed by atoms with van der Waals surface area (Å²) in [5.74, 6) is 0.793. The van der Waals surface area contributed by atoms with Crippen LogP contribution < -0.4 is 10.6 Å². The number of anilines is 2. The smallest absolute Gasteiger partial charge is 0.409 e. The molecule has 0 saturated carbocycles. The molecule has 12 heteroatoms. The molecule has 0 aliphatic carbocycles. The van der Waals surface area contributed by atoms with Crippen molar-refractivity contribution >= 4 is 46.8 Å². The molecule has 2 aliphatic rings. The molecule has 2 amide bonds. The average Bonchev–Trinajstić information content (AvgIpc) is 2.89. The van der Waals surface area contributed by atoms with E-state index in [1.165, 1.54) is 18.2 Å². The van der Waals surface area contributed by atoms with Crippen LogP contribution in [0.15, 0.2) is 18.5 Å². The number of nitrogens with one attached hydrogen (secondary N) is 2. The molecule has 0 radical (unpaired) electrons. The molecule has 2 aliphatic heterocycles. The number of hydrogen-bond acceptors (Lipinski definition) is 8. The Kier molecular flexibility index (Phi) is 8.59. The number of likely N-dealkylation sites (tertiary alicyclic amines) is 1. The van der Waals surface area contributed by atoms with Gasteiger partial charge in [-0.25, -0.2) is 19.7 Å². The largest absolute Gasteiger partial charge is 0.453 e. The number of nitrogens with zero attached hydrogens (tertiary/aromatic N) is 4. The van der Waals surface area contributed by atoms with E-state index >= 15 is 0 Å². The highest BCUT2D eigenvalue weighted by Crippen LogP contribution is 2.33. The molecule has 2 N–H and O–H groups in total. The molecule has 2 aromatic heterocycles. The first kappa shape index (κ1) is 25.4. The van der Waals surface area contributed by atoms with E-state index in [-0.39, 0.29) is 23.5 Å². The third kappa shape index (κ3) is 6.50. The van der Waals surface area contributed by atoms with Crippen molar-refractivity contribution in [2.75, 3.05) is 50.6 Å². The van der Waals surface area contributed by atoms with E-state index in [1.54, 1.807) is 12.3 Å². The number of ether oxygens (including phenoxy) is 2. The highest BCUT2D eigenvalue weighted by atomic mass is 35.5. The minimum absolute atomic E-state index is 0.188. The van der Waals surface area contributed by atoms with Crippen LogP contribution in [-0.4, -0.2) is 71.8 Å². The highest BCUT2D eigenvalue weighted by molar-refractivity contribution is 6.35. The number of pyridine rings is 1. The van der Waals surface area contributed by atoms with Gasteiger partial charge in [0.2, 0.25) is 5.91 Å². The molecule has 2 aromatic rings. The van der Waals surface area contributed by atoms with Gasteiger partial charge in [-0.3, -0.25) is 4.79 Å². The first-order chi connectivity index (χ1) is 16.9. The molecule has 10 nitrogen and oxygen atoms in total. The van der Waals surface area contributed by atoms with Crippen LogP contribution in [0.3, 0.4) is 0 Å². The first-order valence-electron chi connectivity index (χ1n) is 11.6. The predicted octanol–water partition coefficient (Wildman–Crippen LogP) is 4.10. The molecule has 35 heavy (non-hydrogen) atoms. The van der Waals surface area contributed by atoms with Crippen LogP contribution in [0.2, 0.25) is 10.2 Å². The standard InChI is InChI=1S/C23H28Cl2N6O4/c1-34-23(33)31-6-2-3-15(13-31)22(32)30-18-9-16(17(24)11-27-18)20-21(25)28-12-19(29-20)26-10-14-4-7-35-8-5-14/h9,11-12,14-15H,2-8,10,13H2,1H3,(H,26,29)(H,27,30,32)/t15-/m0/s1. The van der Waals surface area contributed by atoms with Crippen molar-refractivity contribution in [2.24, 2.45) is 11.8 Å². The van der Waals surface area contributed by atoms with Gasteiger partial charge in [0.1, 0.15) is 17.3 Å². The summed E-state index contributed by atoms with van der Waals surface area (Å²) in [5, 5.41) is 6.66. The second kappa shape index (κ2) is 11.8. The van der Waals surface area contributed by atoms with Gasteiger partial charge >= 0.3 is 6.09 Å². The third-order valence-electron chi connectivity index (χ3n) is 6.23. The van der Waals surface area contributed by atoms with Gasteiger partial charge in [-0.2, -0.15) is 0 Å². The van der Waals surface area contributed by atoms with E-state index in [0.29, 0.717) is 53.2 Å². The Morgan fingerprint density at radius 2 is 1.97 bits per heavy atom. The fourth-order valence-electron chi connectivity index (χ4n) is 4.23.